The van der Waals surface area contributed by atoms with Crippen molar-refractivity contribution in [1.82, 2.24) is 15.1 Å². The highest BCUT2D eigenvalue weighted by atomic mass is 16.3. The Balaban J connectivity index is 1.77. The van der Waals surface area contributed by atoms with Gasteiger partial charge < -0.3 is 10.4 Å². The fourth-order valence-corrected chi connectivity index (χ4v) is 3.19. The SMILES string of the molecule is CCC(C(=O)NCC(O)CN1CCc2ccccc2C1)N(C)C. The third-order valence-electron chi connectivity index (χ3n) is 4.50. The topological polar surface area (TPSA) is 55.8 Å². The van der Waals surface area contributed by atoms with Crippen LogP contribution in [0.3, 0.4) is 0 Å². The van der Waals surface area contributed by atoms with E-state index in [0.717, 1.165) is 25.9 Å². The van der Waals surface area contributed by atoms with E-state index in [1.54, 1.807) is 0 Å². The number of amides is 1. The standard InChI is InChI=1S/C18H29N3O2/c1-4-17(20(2)3)18(23)19-11-16(22)13-21-10-9-14-7-5-6-8-15(14)12-21/h5-8,16-17,22H,4,9-13H2,1-3H3,(H,19,23). The van der Waals surface area contributed by atoms with Crippen LogP contribution in [-0.4, -0.2) is 66.7 Å². The molecule has 0 fully saturated rings. The summed E-state index contributed by atoms with van der Waals surface area (Å²) in [5.41, 5.74) is 2.75. The molecular weight excluding hydrogens is 290 g/mol. The van der Waals surface area contributed by atoms with Crippen LogP contribution in [0.2, 0.25) is 0 Å². The number of rotatable bonds is 7. The van der Waals surface area contributed by atoms with E-state index in [1.807, 2.05) is 25.9 Å². The molecule has 23 heavy (non-hydrogen) atoms. The maximum atomic E-state index is 12.1. The van der Waals surface area contributed by atoms with Crippen LogP contribution in [0.4, 0.5) is 0 Å². The summed E-state index contributed by atoms with van der Waals surface area (Å²) in [6.45, 7) is 4.72. The number of hydrogen-bond acceptors (Lipinski definition) is 4. The Morgan fingerprint density at radius 1 is 1.35 bits per heavy atom. The van der Waals surface area contributed by atoms with E-state index in [4.69, 9.17) is 0 Å². The Labute approximate surface area is 139 Å². The predicted octanol–water partition coefficient (Wildman–Crippen LogP) is 0.862. The van der Waals surface area contributed by atoms with Crippen LogP contribution < -0.4 is 5.32 Å². The lowest BCUT2D eigenvalue weighted by molar-refractivity contribution is -0.126. The summed E-state index contributed by atoms with van der Waals surface area (Å²) < 4.78 is 0. The molecule has 2 atom stereocenters. The molecule has 1 aliphatic rings. The first-order valence-corrected chi connectivity index (χ1v) is 8.42. The maximum Gasteiger partial charge on any atom is 0.237 e. The highest BCUT2D eigenvalue weighted by Gasteiger charge is 2.21. The van der Waals surface area contributed by atoms with Crippen LogP contribution in [-0.2, 0) is 17.8 Å². The molecule has 1 aliphatic heterocycles. The first-order chi connectivity index (χ1) is 11.0. The van der Waals surface area contributed by atoms with Crippen molar-refractivity contribution in [3.05, 3.63) is 35.4 Å². The Hall–Kier alpha value is -1.43. The lowest BCUT2D eigenvalue weighted by Gasteiger charge is -2.30. The molecule has 0 saturated heterocycles. The molecule has 2 unspecified atom stereocenters. The Bertz CT molecular complexity index is 519. The van der Waals surface area contributed by atoms with E-state index < -0.39 is 6.10 Å². The van der Waals surface area contributed by atoms with E-state index in [2.05, 4.69) is 34.5 Å². The fourth-order valence-electron chi connectivity index (χ4n) is 3.19. The van der Waals surface area contributed by atoms with Crippen molar-refractivity contribution in [2.75, 3.05) is 33.7 Å². The van der Waals surface area contributed by atoms with Gasteiger partial charge in [0, 0.05) is 26.2 Å². The maximum absolute atomic E-state index is 12.1. The zero-order valence-electron chi connectivity index (χ0n) is 14.5. The van der Waals surface area contributed by atoms with Gasteiger partial charge in [0.05, 0.1) is 12.1 Å². The molecule has 1 aromatic carbocycles. The Morgan fingerprint density at radius 2 is 2.04 bits per heavy atom. The second-order valence-corrected chi connectivity index (χ2v) is 6.54. The number of hydrogen-bond donors (Lipinski definition) is 2. The minimum absolute atomic E-state index is 0.0134. The molecule has 0 radical (unpaired) electrons. The van der Waals surface area contributed by atoms with Crippen molar-refractivity contribution >= 4 is 5.91 Å². The number of benzene rings is 1. The summed E-state index contributed by atoms with van der Waals surface area (Å²) in [4.78, 5) is 16.3. The summed E-state index contributed by atoms with van der Waals surface area (Å²) in [5, 5.41) is 13.1. The van der Waals surface area contributed by atoms with E-state index >= 15 is 0 Å². The normalized spacial score (nSPS) is 17.6. The molecular formula is C18H29N3O2. The molecule has 1 amide bonds. The van der Waals surface area contributed by atoms with Gasteiger partial charge in [-0.1, -0.05) is 31.2 Å². The Kier molecular flexibility index (Phi) is 6.57. The molecule has 0 saturated carbocycles. The average molecular weight is 319 g/mol. The van der Waals surface area contributed by atoms with Crippen molar-refractivity contribution in [3.8, 4) is 0 Å². The second kappa shape index (κ2) is 8.43. The first kappa shape index (κ1) is 17.9. The lowest BCUT2D eigenvalue weighted by atomic mass is 10.00. The summed E-state index contributed by atoms with van der Waals surface area (Å²) in [6, 6.07) is 8.33. The molecule has 1 heterocycles. The van der Waals surface area contributed by atoms with Gasteiger partial charge in [-0.15, -0.1) is 0 Å². The van der Waals surface area contributed by atoms with Crippen LogP contribution in [0.5, 0.6) is 0 Å². The summed E-state index contributed by atoms with van der Waals surface area (Å²) in [7, 11) is 3.80. The lowest BCUT2D eigenvalue weighted by Crippen LogP contribution is -2.47. The van der Waals surface area contributed by atoms with Crippen LogP contribution in [0.1, 0.15) is 24.5 Å². The number of likely N-dealkylation sites (N-methyl/N-ethyl adjacent to an activating group) is 1. The van der Waals surface area contributed by atoms with Gasteiger partial charge in [0.1, 0.15) is 0 Å². The molecule has 0 bridgehead atoms. The van der Waals surface area contributed by atoms with Gasteiger partial charge in [0.15, 0.2) is 0 Å². The molecule has 2 N–H and O–H groups in total. The van der Waals surface area contributed by atoms with Crippen LogP contribution in [0.15, 0.2) is 24.3 Å². The molecule has 0 spiro atoms. The number of carbonyl (C=O) groups excluding carboxylic acids is 1. The predicted molar refractivity (Wildman–Crippen MR) is 92.2 cm³/mol. The highest BCUT2D eigenvalue weighted by Crippen LogP contribution is 2.18. The highest BCUT2D eigenvalue weighted by molar-refractivity contribution is 5.81. The number of β-amino-alcohol motifs (C(OH)–C–C–N with tert-alkyl or cyclic N) is 1. The van der Waals surface area contributed by atoms with Gasteiger partial charge in [-0.2, -0.15) is 0 Å². The van der Waals surface area contributed by atoms with Crippen molar-refractivity contribution in [2.24, 2.45) is 0 Å². The summed E-state index contributed by atoms with van der Waals surface area (Å²) >= 11 is 0. The molecule has 128 valence electrons. The smallest absolute Gasteiger partial charge is 0.237 e. The van der Waals surface area contributed by atoms with Gasteiger partial charge >= 0.3 is 0 Å². The van der Waals surface area contributed by atoms with E-state index in [-0.39, 0.29) is 11.9 Å². The van der Waals surface area contributed by atoms with E-state index in [9.17, 15) is 9.90 Å². The van der Waals surface area contributed by atoms with Crippen LogP contribution >= 0.6 is 0 Å². The largest absolute Gasteiger partial charge is 0.390 e. The van der Waals surface area contributed by atoms with Gasteiger partial charge in [-0.25, -0.2) is 0 Å². The molecule has 0 aromatic heterocycles. The van der Waals surface area contributed by atoms with Gasteiger partial charge in [0.25, 0.3) is 0 Å². The van der Waals surface area contributed by atoms with E-state index in [0.29, 0.717) is 13.1 Å². The average Bonchev–Trinajstić information content (AvgIpc) is 2.53. The number of carbonyl (C=O) groups is 1. The molecule has 1 aromatic rings. The number of aliphatic hydroxyl groups excluding tert-OH is 1. The van der Waals surface area contributed by atoms with E-state index in [1.165, 1.54) is 11.1 Å². The second-order valence-electron chi connectivity index (χ2n) is 6.54. The third kappa shape index (κ3) is 5.03. The first-order valence-electron chi connectivity index (χ1n) is 8.42. The van der Waals surface area contributed by atoms with Crippen molar-refractivity contribution in [3.63, 3.8) is 0 Å². The van der Waals surface area contributed by atoms with Crippen molar-refractivity contribution in [2.45, 2.75) is 38.5 Å². The van der Waals surface area contributed by atoms with Crippen LogP contribution in [0.25, 0.3) is 0 Å². The van der Waals surface area contributed by atoms with Crippen LogP contribution in [0, 0.1) is 0 Å². The zero-order valence-corrected chi connectivity index (χ0v) is 14.5. The molecule has 5 nitrogen and oxygen atoms in total. The fraction of sp³-hybridized carbons (Fsp3) is 0.611. The number of fused-ring (bicyclic) bond motifs is 1. The quantitative estimate of drug-likeness (QED) is 0.783. The molecule has 0 aliphatic carbocycles. The number of nitrogens with one attached hydrogen (secondary N) is 1. The number of nitrogens with zero attached hydrogens (tertiary/aromatic N) is 2. The van der Waals surface area contributed by atoms with Crippen molar-refractivity contribution in [1.29, 1.82) is 0 Å². The van der Waals surface area contributed by atoms with Gasteiger partial charge in [0.2, 0.25) is 5.91 Å². The number of aliphatic hydroxyl groups is 1. The van der Waals surface area contributed by atoms with Crippen molar-refractivity contribution < 1.29 is 9.90 Å². The summed E-state index contributed by atoms with van der Waals surface area (Å²) in [6.07, 6.45) is 1.25. The minimum atomic E-state index is -0.538. The molecule has 2 rings (SSSR count). The van der Waals surface area contributed by atoms with Gasteiger partial charge in [-0.05, 0) is 38.1 Å². The Morgan fingerprint density at radius 3 is 2.70 bits per heavy atom. The molecule has 5 heteroatoms. The summed E-state index contributed by atoms with van der Waals surface area (Å²) in [5.74, 6) is -0.0134. The van der Waals surface area contributed by atoms with Gasteiger partial charge in [-0.3, -0.25) is 14.6 Å². The minimum Gasteiger partial charge on any atom is -0.390 e. The third-order valence-corrected chi connectivity index (χ3v) is 4.50. The zero-order chi connectivity index (χ0) is 16.8. The monoisotopic (exact) mass is 319 g/mol.